The Balaban J connectivity index is 1.51. The van der Waals surface area contributed by atoms with Crippen LogP contribution in [0.25, 0.3) is 21.3 Å². The van der Waals surface area contributed by atoms with Crippen LogP contribution in [0.4, 0.5) is 14.5 Å². The van der Waals surface area contributed by atoms with Gasteiger partial charge in [-0.2, -0.15) is 5.10 Å². The van der Waals surface area contributed by atoms with Gasteiger partial charge >= 0.3 is 0 Å². The lowest BCUT2D eigenvalue weighted by atomic mass is 10.0. The normalized spacial score (nSPS) is 11.4. The number of amides is 2. The smallest absolute Gasteiger partial charge is 0.291 e. The summed E-state index contributed by atoms with van der Waals surface area (Å²) in [6, 6.07) is 8.96. The van der Waals surface area contributed by atoms with Crippen molar-refractivity contribution >= 4 is 62.3 Å². The van der Waals surface area contributed by atoms with Gasteiger partial charge in [-0.3, -0.25) is 14.3 Å². The number of aromatic nitrogens is 3. The summed E-state index contributed by atoms with van der Waals surface area (Å²) in [5, 5.41) is 8.14. The summed E-state index contributed by atoms with van der Waals surface area (Å²) in [5.41, 5.74) is 6.62. The number of primary amides is 1. The molecule has 9 nitrogen and oxygen atoms in total. The molecule has 41 heavy (non-hydrogen) atoms. The highest BCUT2D eigenvalue weighted by Crippen LogP contribution is 2.43. The monoisotopic (exact) mass is 619 g/mol. The van der Waals surface area contributed by atoms with Gasteiger partial charge in [0.25, 0.3) is 18.2 Å². The maximum Gasteiger partial charge on any atom is 0.291 e. The molecule has 0 spiro atoms. The fraction of sp³-hybridized carbons (Fsp3) is 0.185. The molecule has 0 aliphatic rings. The van der Waals surface area contributed by atoms with Crippen LogP contribution in [0.1, 0.15) is 50.7 Å². The van der Waals surface area contributed by atoms with Gasteiger partial charge in [-0.15, -0.1) is 11.3 Å². The van der Waals surface area contributed by atoms with Gasteiger partial charge in [0.05, 0.1) is 16.4 Å². The van der Waals surface area contributed by atoms with E-state index in [4.69, 9.17) is 38.1 Å². The molecule has 14 heteroatoms. The molecule has 0 atom stereocenters. The van der Waals surface area contributed by atoms with Gasteiger partial charge in [-0.05, 0) is 55.8 Å². The molecule has 4 heterocycles. The quantitative estimate of drug-likeness (QED) is 0.179. The molecule has 0 saturated heterocycles. The molecule has 1 aromatic carbocycles. The van der Waals surface area contributed by atoms with Gasteiger partial charge in [0.15, 0.2) is 5.76 Å². The molecule has 2 amide bonds. The van der Waals surface area contributed by atoms with Crippen molar-refractivity contribution in [3.8, 4) is 16.9 Å². The van der Waals surface area contributed by atoms with E-state index in [0.717, 1.165) is 11.3 Å². The number of hydrogen-bond donors (Lipinski definition) is 2. The summed E-state index contributed by atoms with van der Waals surface area (Å²) >= 11 is 12.8. The van der Waals surface area contributed by atoms with E-state index in [0.29, 0.717) is 44.9 Å². The first-order chi connectivity index (χ1) is 19.5. The number of hydrogen-bond acceptors (Lipinski definition) is 7. The Kier molecular flexibility index (Phi) is 7.98. The van der Waals surface area contributed by atoms with Crippen LogP contribution in [-0.2, 0) is 13.2 Å². The van der Waals surface area contributed by atoms with Crippen molar-refractivity contribution in [3.05, 3.63) is 80.4 Å². The average Bonchev–Trinajstić information content (AvgIpc) is 3.65. The highest BCUT2D eigenvalue weighted by atomic mass is 35.5. The molecule has 4 aromatic heterocycles. The van der Waals surface area contributed by atoms with E-state index in [2.05, 4.69) is 15.4 Å². The third-order valence-electron chi connectivity index (χ3n) is 6.08. The molecular formula is C27H21Cl2F2N5O4S. The minimum atomic E-state index is -2.87. The van der Waals surface area contributed by atoms with Gasteiger partial charge in [0, 0.05) is 28.7 Å². The number of alkyl halides is 2. The van der Waals surface area contributed by atoms with Gasteiger partial charge in [0.1, 0.15) is 33.5 Å². The van der Waals surface area contributed by atoms with E-state index >= 15 is 0 Å². The van der Waals surface area contributed by atoms with E-state index in [-0.39, 0.29) is 33.1 Å². The molecule has 0 saturated carbocycles. The number of anilines is 1. The summed E-state index contributed by atoms with van der Waals surface area (Å²) < 4.78 is 40.5. The minimum Gasteiger partial charge on any atom is -0.484 e. The van der Waals surface area contributed by atoms with Gasteiger partial charge in [-0.25, -0.2) is 13.8 Å². The lowest BCUT2D eigenvalue weighted by Crippen LogP contribution is -2.16. The maximum absolute atomic E-state index is 13.8. The fourth-order valence-electron chi connectivity index (χ4n) is 4.17. The largest absolute Gasteiger partial charge is 0.484 e. The van der Waals surface area contributed by atoms with Crippen molar-refractivity contribution in [1.82, 2.24) is 14.8 Å². The molecule has 0 unspecified atom stereocenters. The van der Waals surface area contributed by atoms with Gasteiger partial charge in [-0.1, -0.05) is 23.2 Å². The number of carbonyl (C=O) groups is 2. The van der Waals surface area contributed by atoms with E-state index in [1.807, 2.05) is 6.92 Å². The number of carbonyl (C=O) groups excluding carboxylic acids is 2. The molecular weight excluding hydrogens is 599 g/mol. The van der Waals surface area contributed by atoms with Crippen molar-refractivity contribution in [2.24, 2.45) is 5.73 Å². The lowest BCUT2D eigenvalue weighted by molar-refractivity contribution is 0.0992. The van der Waals surface area contributed by atoms with Crippen LogP contribution >= 0.6 is 34.5 Å². The van der Waals surface area contributed by atoms with Crippen LogP contribution in [0, 0.1) is 6.92 Å². The third kappa shape index (κ3) is 5.76. The van der Waals surface area contributed by atoms with E-state index in [9.17, 15) is 18.4 Å². The second kappa shape index (κ2) is 11.5. The molecule has 0 bridgehead atoms. The highest BCUT2D eigenvalue weighted by molar-refractivity contribution is 7.21. The SMILES string of the molecule is CCn1cc(-c2cc(C(F)F)nc3sc(C(N)=O)c(NC(=O)c4ccc(COc5ccc(Cl)cc5Cl)o4)c23)c(C)n1. The van der Waals surface area contributed by atoms with E-state index < -0.39 is 23.9 Å². The zero-order valence-electron chi connectivity index (χ0n) is 21.5. The number of nitrogens with one attached hydrogen (secondary N) is 1. The molecule has 0 aliphatic carbocycles. The number of halogens is 4. The number of fused-ring (bicyclic) bond motifs is 1. The number of benzene rings is 1. The average molecular weight is 620 g/mol. The zero-order chi connectivity index (χ0) is 29.4. The first kappa shape index (κ1) is 28.5. The molecule has 5 rings (SSSR count). The number of nitrogens with two attached hydrogens (primary N) is 1. The summed E-state index contributed by atoms with van der Waals surface area (Å²) in [6.07, 6.45) is -1.17. The predicted molar refractivity (Wildman–Crippen MR) is 152 cm³/mol. The lowest BCUT2D eigenvalue weighted by Gasteiger charge is -2.10. The standard InChI is InChI=1S/C27H21Cl2F2N5O4S/c1-3-36-10-16(12(2)35-36)15-9-18(24(30)31)33-27-21(15)22(23(41-27)25(32)37)34-26(38)20-7-5-14(40-20)11-39-19-6-4-13(28)8-17(19)29/h4-10,24H,3,11H2,1-2H3,(H2,32,37)(H,34,38). The predicted octanol–water partition coefficient (Wildman–Crippen LogP) is 7.26. The number of thiophene rings is 1. The van der Waals surface area contributed by atoms with Crippen LogP contribution in [0.2, 0.25) is 10.0 Å². The Morgan fingerprint density at radius 2 is 1.98 bits per heavy atom. The van der Waals surface area contributed by atoms with Crippen LogP contribution < -0.4 is 15.8 Å². The number of rotatable bonds is 9. The van der Waals surface area contributed by atoms with E-state index in [1.54, 1.807) is 36.0 Å². The number of aryl methyl sites for hydroxylation is 2. The molecule has 5 aromatic rings. The van der Waals surface area contributed by atoms with Crippen molar-refractivity contribution < 1.29 is 27.5 Å². The fourth-order valence-corrected chi connectivity index (χ4v) is 5.65. The Morgan fingerprint density at radius 1 is 1.20 bits per heavy atom. The van der Waals surface area contributed by atoms with Crippen molar-refractivity contribution in [2.45, 2.75) is 33.4 Å². The van der Waals surface area contributed by atoms with Gasteiger partial charge in [0.2, 0.25) is 0 Å². The summed E-state index contributed by atoms with van der Waals surface area (Å²) in [4.78, 5) is 29.8. The Labute approximate surface area is 245 Å². The first-order valence-electron chi connectivity index (χ1n) is 12.1. The molecule has 0 fully saturated rings. The Hall–Kier alpha value is -4.00. The van der Waals surface area contributed by atoms with Crippen LogP contribution in [0.5, 0.6) is 5.75 Å². The number of furan rings is 1. The van der Waals surface area contributed by atoms with Gasteiger partial charge < -0.3 is 20.2 Å². The molecule has 0 radical (unpaired) electrons. The van der Waals surface area contributed by atoms with Crippen LogP contribution in [-0.4, -0.2) is 26.6 Å². The number of pyridine rings is 1. The zero-order valence-corrected chi connectivity index (χ0v) is 23.8. The third-order valence-corrected chi connectivity index (χ3v) is 7.71. The van der Waals surface area contributed by atoms with Crippen molar-refractivity contribution in [2.75, 3.05) is 5.32 Å². The Morgan fingerprint density at radius 3 is 2.63 bits per heavy atom. The molecule has 212 valence electrons. The number of nitrogens with zero attached hydrogens (tertiary/aromatic N) is 3. The minimum absolute atomic E-state index is 0.0340. The van der Waals surface area contributed by atoms with Crippen LogP contribution in [0.3, 0.4) is 0 Å². The van der Waals surface area contributed by atoms with Crippen molar-refractivity contribution in [3.63, 3.8) is 0 Å². The Bertz CT molecular complexity index is 1800. The summed E-state index contributed by atoms with van der Waals surface area (Å²) in [6.45, 7) is 4.13. The molecule has 3 N–H and O–H groups in total. The second-order valence-electron chi connectivity index (χ2n) is 8.81. The van der Waals surface area contributed by atoms with E-state index in [1.165, 1.54) is 18.2 Å². The second-order valence-corrected chi connectivity index (χ2v) is 10.7. The van der Waals surface area contributed by atoms with Crippen LogP contribution in [0.15, 0.2) is 47.0 Å². The topological polar surface area (TPSA) is 125 Å². The number of ether oxygens (including phenoxy) is 1. The molecule has 0 aliphatic heterocycles. The van der Waals surface area contributed by atoms with Crippen molar-refractivity contribution in [1.29, 1.82) is 0 Å². The first-order valence-corrected chi connectivity index (χ1v) is 13.7. The maximum atomic E-state index is 13.8. The summed E-state index contributed by atoms with van der Waals surface area (Å²) in [7, 11) is 0. The summed E-state index contributed by atoms with van der Waals surface area (Å²) in [5.74, 6) is -0.957. The highest BCUT2D eigenvalue weighted by Gasteiger charge is 2.27.